The number of tetrazole rings is 1. The maximum absolute atomic E-state index is 12.1. The molecule has 1 amide bonds. The predicted molar refractivity (Wildman–Crippen MR) is 78.5 cm³/mol. The van der Waals surface area contributed by atoms with Crippen LogP contribution in [0.1, 0.15) is 6.92 Å². The van der Waals surface area contributed by atoms with Crippen molar-refractivity contribution in [1.29, 1.82) is 0 Å². The van der Waals surface area contributed by atoms with Crippen LogP contribution in [0.5, 0.6) is 0 Å². The molecule has 1 unspecified atom stereocenters. The molecule has 1 heterocycles. The summed E-state index contributed by atoms with van der Waals surface area (Å²) in [5.74, 6) is -0.752. The standard InChI is InChI=1S/C12H11ClF3N5OS/c1-7(10(22)17-6-12(14,15)16)23-11-18-19-20-21(11)9-4-2-8(13)3-5-9/h2-5,7H,6H2,1H3,(H,17,22). The second kappa shape index (κ2) is 7.18. The summed E-state index contributed by atoms with van der Waals surface area (Å²) < 4.78 is 37.7. The Morgan fingerprint density at radius 1 is 1.39 bits per heavy atom. The Kier molecular flexibility index (Phi) is 5.47. The lowest BCUT2D eigenvalue weighted by atomic mass is 10.3. The molecule has 0 saturated heterocycles. The molecule has 0 aliphatic rings. The summed E-state index contributed by atoms with van der Waals surface area (Å²) in [4.78, 5) is 11.7. The number of aromatic nitrogens is 4. The summed E-state index contributed by atoms with van der Waals surface area (Å²) in [6, 6.07) is 6.65. The minimum Gasteiger partial charge on any atom is -0.346 e. The van der Waals surface area contributed by atoms with Gasteiger partial charge in [0, 0.05) is 5.02 Å². The molecule has 0 aliphatic carbocycles. The number of hydrogen-bond donors (Lipinski definition) is 1. The van der Waals surface area contributed by atoms with Crippen molar-refractivity contribution in [1.82, 2.24) is 25.5 Å². The molecule has 124 valence electrons. The second-order valence-electron chi connectivity index (χ2n) is 4.44. The number of amides is 1. The Morgan fingerprint density at radius 2 is 2.04 bits per heavy atom. The number of nitrogens with one attached hydrogen (secondary N) is 1. The number of carbonyl (C=O) groups is 1. The summed E-state index contributed by atoms with van der Waals surface area (Å²) in [5.41, 5.74) is 0.616. The first-order chi connectivity index (χ1) is 10.8. The van der Waals surface area contributed by atoms with Crippen molar-refractivity contribution in [3.63, 3.8) is 0 Å². The fourth-order valence-corrected chi connectivity index (χ4v) is 2.50. The molecule has 2 aromatic rings. The number of hydrogen-bond acceptors (Lipinski definition) is 5. The Morgan fingerprint density at radius 3 is 2.65 bits per heavy atom. The maximum atomic E-state index is 12.1. The topological polar surface area (TPSA) is 72.7 Å². The van der Waals surface area contributed by atoms with Crippen molar-refractivity contribution in [2.45, 2.75) is 23.5 Å². The van der Waals surface area contributed by atoms with Gasteiger partial charge < -0.3 is 5.32 Å². The third-order valence-electron chi connectivity index (χ3n) is 2.63. The quantitative estimate of drug-likeness (QED) is 0.824. The Balaban J connectivity index is 2.05. The molecule has 1 aromatic carbocycles. The van der Waals surface area contributed by atoms with Crippen LogP contribution in [0.4, 0.5) is 13.2 Å². The predicted octanol–water partition coefficient (Wildman–Crippen LogP) is 2.47. The van der Waals surface area contributed by atoms with Gasteiger partial charge in [-0.1, -0.05) is 23.4 Å². The van der Waals surface area contributed by atoms with Crippen molar-refractivity contribution in [3.05, 3.63) is 29.3 Å². The van der Waals surface area contributed by atoms with Gasteiger partial charge in [-0.25, -0.2) is 0 Å². The number of alkyl halides is 3. The second-order valence-corrected chi connectivity index (χ2v) is 6.19. The van der Waals surface area contributed by atoms with Crippen molar-refractivity contribution >= 4 is 29.3 Å². The lowest BCUT2D eigenvalue weighted by Crippen LogP contribution is -2.38. The van der Waals surface area contributed by atoms with Crippen molar-refractivity contribution in [2.24, 2.45) is 0 Å². The van der Waals surface area contributed by atoms with Gasteiger partial charge in [-0.05, 0) is 41.6 Å². The molecule has 6 nitrogen and oxygen atoms in total. The molecular weight excluding hydrogens is 355 g/mol. The molecule has 2 rings (SSSR count). The fraction of sp³-hybridized carbons (Fsp3) is 0.333. The van der Waals surface area contributed by atoms with Gasteiger partial charge >= 0.3 is 6.18 Å². The summed E-state index contributed by atoms with van der Waals surface area (Å²) >= 11 is 6.75. The highest BCUT2D eigenvalue weighted by Gasteiger charge is 2.29. The highest BCUT2D eigenvalue weighted by Crippen LogP contribution is 2.24. The van der Waals surface area contributed by atoms with Crippen LogP contribution >= 0.6 is 23.4 Å². The molecule has 1 aromatic heterocycles. The van der Waals surface area contributed by atoms with Gasteiger partial charge in [0.1, 0.15) is 6.54 Å². The van der Waals surface area contributed by atoms with Crippen LogP contribution in [0.2, 0.25) is 5.02 Å². The zero-order chi connectivity index (χ0) is 17.0. The SMILES string of the molecule is CC(Sc1nnnn1-c1ccc(Cl)cc1)C(=O)NCC(F)(F)F. The average molecular weight is 366 g/mol. The first-order valence-corrected chi connectivity index (χ1v) is 7.57. The van der Waals surface area contributed by atoms with Gasteiger partial charge in [0.25, 0.3) is 0 Å². The lowest BCUT2D eigenvalue weighted by molar-refractivity contribution is -0.137. The zero-order valence-electron chi connectivity index (χ0n) is 11.7. The van der Waals surface area contributed by atoms with Crippen molar-refractivity contribution < 1.29 is 18.0 Å². The molecule has 0 spiro atoms. The molecule has 0 saturated carbocycles. The molecular formula is C12H11ClF3N5OS. The van der Waals surface area contributed by atoms with E-state index in [-0.39, 0.29) is 5.16 Å². The van der Waals surface area contributed by atoms with E-state index in [9.17, 15) is 18.0 Å². The number of halogens is 4. The highest BCUT2D eigenvalue weighted by molar-refractivity contribution is 8.00. The monoisotopic (exact) mass is 365 g/mol. The summed E-state index contributed by atoms with van der Waals surface area (Å²) in [6.45, 7) is 0.0934. The maximum Gasteiger partial charge on any atom is 0.405 e. The van der Waals surface area contributed by atoms with E-state index in [0.29, 0.717) is 10.7 Å². The van der Waals surface area contributed by atoms with Crippen molar-refractivity contribution in [3.8, 4) is 5.69 Å². The largest absolute Gasteiger partial charge is 0.405 e. The van der Waals surface area contributed by atoms with Gasteiger partial charge in [-0.3, -0.25) is 4.79 Å². The first kappa shape index (κ1) is 17.5. The fourth-order valence-electron chi connectivity index (χ4n) is 1.54. The van der Waals surface area contributed by atoms with E-state index in [1.165, 1.54) is 11.6 Å². The summed E-state index contributed by atoms with van der Waals surface area (Å²) in [6.07, 6.45) is -4.45. The third kappa shape index (κ3) is 5.10. The van der Waals surface area contributed by atoms with Gasteiger partial charge in [-0.2, -0.15) is 17.9 Å². The van der Waals surface area contributed by atoms with Crippen molar-refractivity contribution in [2.75, 3.05) is 6.54 Å². The van der Waals surface area contributed by atoms with Crippen LogP contribution < -0.4 is 5.32 Å². The Labute approximate surface area is 138 Å². The van der Waals surface area contributed by atoms with E-state index < -0.39 is 23.9 Å². The highest BCUT2D eigenvalue weighted by atomic mass is 35.5. The summed E-state index contributed by atoms with van der Waals surface area (Å²) in [7, 11) is 0. The molecule has 23 heavy (non-hydrogen) atoms. The smallest absolute Gasteiger partial charge is 0.346 e. The molecule has 11 heteroatoms. The van der Waals surface area contributed by atoms with E-state index in [1.807, 2.05) is 5.32 Å². The minimum absolute atomic E-state index is 0.280. The number of rotatable bonds is 5. The van der Waals surface area contributed by atoms with Crippen LogP contribution in [-0.4, -0.2) is 44.1 Å². The van der Waals surface area contributed by atoms with Gasteiger partial charge in [0.2, 0.25) is 11.1 Å². The zero-order valence-corrected chi connectivity index (χ0v) is 13.3. The average Bonchev–Trinajstić information content (AvgIpc) is 2.93. The Bertz CT molecular complexity index is 676. The van der Waals surface area contributed by atoms with E-state index >= 15 is 0 Å². The number of nitrogens with zero attached hydrogens (tertiary/aromatic N) is 4. The molecule has 0 bridgehead atoms. The lowest BCUT2D eigenvalue weighted by Gasteiger charge is -2.13. The third-order valence-corrected chi connectivity index (χ3v) is 3.91. The number of carbonyl (C=O) groups excluding carboxylic acids is 1. The van der Waals surface area contributed by atoms with Crippen LogP contribution in [0.15, 0.2) is 29.4 Å². The minimum atomic E-state index is -4.45. The van der Waals surface area contributed by atoms with Gasteiger partial charge in [-0.15, -0.1) is 5.10 Å². The summed E-state index contributed by atoms with van der Waals surface area (Å²) in [5, 5.41) is 12.9. The normalized spacial score (nSPS) is 12.9. The molecule has 1 N–H and O–H groups in total. The van der Waals surface area contributed by atoms with E-state index in [0.717, 1.165) is 11.8 Å². The molecule has 0 fully saturated rings. The molecule has 0 aliphatic heterocycles. The number of thioether (sulfide) groups is 1. The number of benzene rings is 1. The van der Waals surface area contributed by atoms with E-state index in [1.54, 1.807) is 24.3 Å². The van der Waals surface area contributed by atoms with E-state index in [4.69, 9.17) is 11.6 Å². The first-order valence-electron chi connectivity index (χ1n) is 6.32. The molecule has 1 atom stereocenters. The van der Waals surface area contributed by atoms with Crippen LogP contribution in [0, 0.1) is 0 Å². The van der Waals surface area contributed by atoms with Crippen LogP contribution in [0.25, 0.3) is 5.69 Å². The molecule has 0 radical (unpaired) electrons. The van der Waals surface area contributed by atoms with Crippen LogP contribution in [-0.2, 0) is 4.79 Å². The van der Waals surface area contributed by atoms with Gasteiger partial charge in [0.05, 0.1) is 10.9 Å². The van der Waals surface area contributed by atoms with E-state index in [2.05, 4.69) is 15.5 Å². The van der Waals surface area contributed by atoms with Gasteiger partial charge in [0.15, 0.2) is 0 Å². The van der Waals surface area contributed by atoms with Crippen LogP contribution in [0.3, 0.4) is 0 Å². The Hall–Kier alpha value is -1.81.